The summed E-state index contributed by atoms with van der Waals surface area (Å²) in [4.78, 5) is 30.7. The maximum absolute atomic E-state index is 12.7. The Kier molecular flexibility index (Phi) is 4.90. The molecule has 4 rings (SSSR count). The Morgan fingerprint density at radius 1 is 1.15 bits per heavy atom. The van der Waals surface area contributed by atoms with Crippen LogP contribution in [-0.4, -0.2) is 33.4 Å². The normalized spacial score (nSPS) is 16.3. The molecule has 1 N–H and O–H groups in total. The molecule has 1 atom stereocenters. The molecule has 5 nitrogen and oxygen atoms in total. The Bertz CT molecular complexity index is 965. The van der Waals surface area contributed by atoms with Gasteiger partial charge in [0, 0.05) is 13.0 Å². The highest BCUT2D eigenvalue weighted by atomic mass is 32.1. The van der Waals surface area contributed by atoms with Gasteiger partial charge in [-0.25, -0.2) is 9.78 Å². The lowest BCUT2D eigenvalue weighted by atomic mass is 9.92. The summed E-state index contributed by atoms with van der Waals surface area (Å²) < 4.78 is 1.15. The molecule has 0 aliphatic carbocycles. The van der Waals surface area contributed by atoms with Crippen molar-refractivity contribution in [2.75, 3.05) is 6.54 Å². The third kappa shape index (κ3) is 3.57. The number of aromatic nitrogens is 1. The van der Waals surface area contributed by atoms with Crippen LogP contribution in [0.2, 0.25) is 0 Å². The molecule has 0 saturated carbocycles. The van der Waals surface area contributed by atoms with E-state index in [-0.39, 0.29) is 5.91 Å². The minimum Gasteiger partial charge on any atom is -0.479 e. The Hall–Kier alpha value is -2.73. The fraction of sp³-hybridized carbons (Fsp3) is 0.286. The standard InChI is InChI=1S/C21H20N2O3S/c24-19(11-5-10-18-22-16-8-3-4-9-17(16)27-18)23-13-12-14-6-1-2-7-15(14)20(23)21(25)26/h1-4,6-9,20H,5,10-13H2,(H,25,26). The van der Waals surface area contributed by atoms with Crippen LogP contribution in [0.3, 0.4) is 0 Å². The van der Waals surface area contributed by atoms with Gasteiger partial charge >= 0.3 is 5.97 Å². The van der Waals surface area contributed by atoms with E-state index in [1.807, 2.05) is 48.5 Å². The van der Waals surface area contributed by atoms with E-state index in [2.05, 4.69) is 4.98 Å². The third-order valence-electron chi connectivity index (χ3n) is 4.96. The first-order valence-electron chi connectivity index (χ1n) is 9.08. The molecule has 0 saturated heterocycles. The molecule has 2 heterocycles. The number of aryl methyl sites for hydroxylation is 1. The maximum Gasteiger partial charge on any atom is 0.331 e. The van der Waals surface area contributed by atoms with Crippen LogP contribution >= 0.6 is 11.3 Å². The zero-order valence-electron chi connectivity index (χ0n) is 14.8. The number of hydrogen-bond acceptors (Lipinski definition) is 4. The topological polar surface area (TPSA) is 70.5 Å². The van der Waals surface area contributed by atoms with Crippen LogP contribution in [0.5, 0.6) is 0 Å². The zero-order chi connectivity index (χ0) is 18.8. The third-order valence-corrected chi connectivity index (χ3v) is 6.05. The molecule has 0 bridgehead atoms. The molecular formula is C21H20N2O3S. The highest BCUT2D eigenvalue weighted by Gasteiger charge is 2.35. The highest BCUT2D eigenvalue weighted by molar-refractivity contribution is 7.18. The van der Waals surface area contributed by atoms with E-state index in [1.165, 1.54) is 4.90 Å². The average Bonchev–Trinajstić information content (AvgIpc) is 3.09. The van der Waals surface area contributed by atoms with E-state index in [0.717, 1.165) is 32.8 Å². The second-order valence-corrected chi connectivity index (χ2v) is 7.82. The van der Waals surface area contributed by atoms with Gasteiger partial charge in [-0.1, -0.05) is 36.4 Å². The number of rotatable bonds is 5. The number of fused-ring (bicyclic) bond motifs is 2. The molecule has 27 heavy (non-hydrogen) atoms. The number of hydrogen-bond donors (Lipinski definition) is 1. The first-order chi connectivity index (χ1) is 13.1. The van der Waals surface area contributed by atoms with Crippen molar-refractivity contribution in [1.29, 1.82) is 0 Å². The van der Waals surface area contributed by atoms with Crippen LogP contribution in [0.4, 0.5) is 0 Å². The monoisotopic (exact) mass is 380 g/mol. The predicted octanol–water partition coefficient (Wildman–Crippen LogP) is 3.83. The van der Waals surface area contributed by atoms with Gasteiger partial charge in [-0.2, -0.15) is 0 Å². The van der Waals surface area contributed by atoms with Gasteiger partial charge in [0.2, 0.25) is 5.91 Å². The lowest BCUT2D eigenvalue weighted by Gasteiger charge is -2.34. The van der Waals surface area contributed by atoms with Gasteiger partial charge in [0.05, 0.1) is 15.2 Å². The number of para-hydroxylation sites is 1. The molecule has 1 amide bonds. The number of thiazole rings is 1. The molecule has 1 aromatic heterocycles. The second-order valence-electron chi connectivity index (χ2n) is 6.71. The van der Waals surface area contributed by atoms with Gasteiger partial charge in [-0.15, -0.1) is 11.3 Å². The number of carbonyl (C=O) groups is 2. The summed E-state index contributed by atoms with van der Waals surface area (Å²) in [5.41, 5.74) is 2.74. The van der Waals surface area contributed by atoms with Crippen LogP contribution < -0.4 is 0 Å². The summed E-state index contributed by atoms with van der Waals surface area (Å²) in [6.07, 6.45) is 2.43. The number of carboxylic acids is 1. The number of carboxylic acid groups (broad SMARTS) is 1. The van der Waals surface area contributed by atoms with E-state index in [1.54, 1.807) is 11.3 Å². The SMILES string of the molecule is O=C(O)C1c2ccccc2CCN1C(=O)CCCc1nc2ccccc2s1. The average molecular weight is 380 g/mol. The Morgan fingerprint density at radius 2 is 1.93 bits per heavy atom. The van der Waals surface area contributed by atoms with Crippen LogP contribution in [0, 0.1) is 0 Å². The van der Waals surface area contributed by atoms with Gasteiger partial charge in [0.15, 0.2) is 6.04 Å². The molecule has 6 heteroatoms. The van der Waals surface area contributed by atoms with Crippen molar-refractivity contribution < 1.29 is 14.7 Å². The Morgan fingerprint density at radius 3 is 2.74 bits per heavy atom. The molecule has 1 aliphatic rings. The van der Waals surface area contributed by atoms with Crippen LogP contribution in [0.15, 0.2) is 48.5 Å². The Balaban J connectivity index is 1.42. The van der Waals surface area contributed by atoms with E-state index >= 15 is 0 Å². The summed E-state index contributed by atoms with van der Waals surface area (Å²) in [5.74, 6) is -1.07. The molecule has 0 fully saturated rings. The first kappa shape index (κ1) is 17.7. The molecule has 0 spiro atoms. The van der Waals surface area contributed by atoms with Crippen molar-refractivity contribution >= 4 is 33.4 Å². The minimum absolute atomic E-state index is 0.0991. The summed E-state index contributed by atoms with van der Waals surface area (Å²) in [6.45, 7) is 0.452. The number of aliphatic carboxylic acids is 1. The summed E-state index contributed by atoms with van der Waals surface area (Å²) in [7, 11) is 0. The molecule has 1 unspecified atom stereocenters. The number of benzene rings is 2. The van der Waals surface area contributed by atoms with E-state index in [4.69, 9.17) is 0 Å². The van der Waals surface area contributed by atoms with E-state index in [0.29, 0.717) is 25.8 Å². The first-order valence-corrected chi connectivity index (χ1v) is 9.89. The van der Waals surface area contributed by atoms with Crippen molar-refractivity contribution in [3.05, 3.63) is 64.7 Å². The van der Waals surface area contributed by atoms with Crippen LogP contribution in [0.1, 0.15) is 35.0 Å². The lowest BCUT2D eigenvalue weighted by Crippen LogP contribution is -2.43. The largest absolute Gasteiger partial charge is 0.479 e. The minimum atomic E-state index is -0.971. The maximum atomic E-state index is 12.7. The van der Waals surface area contributed by atoms with Gasteiger partial charge < -0.3 is 10.0 Å². The fourth-order valence-electron chi connectivity index (χ4n) is 3.66. The zero-order valence-corrected chi connectivity index (χ0v) is 15.6. The van der Waals surface area contributed by atoms with Gasteiger partial charge in [0.1, 0.15) is 0 Å². The van der Waals surface area contributed by atoms with E-state index in [9.17, 15) is 14.7 Å². The van der Waals surface area contributed by atoms with Crippen LogP contribution in [-0.2, 0) is 22.4 Å². The molecule has 1 aliphatic heterocycles. The van der Waals surface area contributed by atoms with Crippen molar-refractivity contribution in [1.82, 2.24) is 9.88 Å². The number of nitrogens with zero attached hydrogens (tertiary/aromatic N) is 2. The molecule has 3 aromatic rings. The van der Waals surface area contributed by atoms with Crippen molar-refractivity contribution in [3.63, 3.8) is 0 Å². The quantitative estimate of drug-likeness (QED) is 0.730. The molecule has 2 aromatic carbocycles. The summed E-state index contributed by atoms with van der Waals surface area (Å²) >= 11 is 1.65. The molecule has 138 valence electrons. The van der Waals surface area contributed by atoms with E-state index < -0.39 is 12.0 Å². The predicted molar refractivity (Wildman–Crippen MR) is 105 cm³/mol. The fourth-order valence-corrected chi connectivity index (χ4v) is 4.67. The van der Waals surface area contributed by atoms with Crippen molar-refractivity contribution in [2.24, 2.45) is 0 Å². The van der Waals surface area contributed by atoms with Crippen molar-refractivity contribution in [3.8, 4) is 0 Å². The van der Waals surface area contributed by atoms with Gasteiger partial charge in [-0.05, 0) is 42.5 Å². The van der Waals surface area contributed by atoms with Crippen molar-refractivity contribution in [2.45, 2.75) is 31.7 Å². The van der Waals surface area contributed by atoms with Gasteiger partial charge in [-0.3, -0.25) is 4.79 Å². The summed E-state index contributed by atoms with van der Waals surface area (Å²) in [5, 5.41) is 10.7. The summed E-state index contributed by atoms with van der Waals surface area (Å²) in [6, 6.07) is 14.6. The van der Waals surface area contributed by atoms with Crippen LogP contribution in [0.25, 0.3) is 10.2 Å². The Labute approximate surface area is 161 Å². The smallest absolute Gasteiger partial charge is 0.331 e. The number of amides is 1. The highest BCUT2D eigenvalue weighted by Crippen LogP contribution is 2.31. The lowest BCUT2D eigenvalue weighted by molar-refractivity contribution is -0.151. The van der Waals surface area contributed by atoms with Gasteiger partial charge in [0.25, 0.3) is 0 Å². The second kappa shape index (κ2) is 7.48. The molecular weight excluding hydrogens is 360 g/mol. The number of carbonyl (C=O) groups excluding carboxylic acids is 1. The molecule has 0 radical (unpaired) electrons.